The van der Waals surface area contributed by atoms with Gasteiger partial charge in [-0.3, -0.25) is 0 Å². The molecule has 1 fully saturated rings. The molecule has 0 saturated carbocycles. The Balaban J connectivity index is 2.07. The highest BCUT2D eigenvalue weighted by Gasteiger charge is 2.27. The Hall–Kier alpha value is -0.830. The van der Waals surface area contributed by atoms with E-state index in [0.717, 1.165) is 6.04 Å². The second-order valence-electron chi connectivity index (χ2n) is 3.69. The number of hydrogen-bond acceptors (Lipinski definition) is 3. The number of hydrogen-bond donors (Lipinski definition) is 1. The molecule has 0 aromatic heterocycles. The molecule has 0 aliphatic carbocycles. The van der Waals surface area contributed by atoms with E-state index in [-0.39, 0.29) is 0 Å². The summed E-state index contributed by atoms with van der Waals surface area (Å²) in [6, 6.07) is 1.25. The highest BCUT2D eigenvalue weighted by Crippen LogP contribution is 2.24. The number of oxime groups is 1. The molecule has 0 radical (unpaired) electrons. The Morgan fingerprint density at radius 1 is 1.54 bits per heavy atom. The number of nitrogens with one attached hydrogen (secondary N) is 1. The minimum absolute atomic E-state index is 0.520. The summed E-state index contributed by atoms with van der Waals surface area (Å²) in [5.41, 5.74) is 1.29. The quantitative estimate of drug-likeness (QED) is 0.515. The third kappa shape index (κ3) is 1.91. The molecule has 1 saturated heterocycles. The van der Waals surface area contributed by atoms with E-state index in [1.54, 1.807) is 7.11 Å². The lowest BCUT2D eigenvalue weighted by Gasteiger charge is -2.10. The molecule has 0 spiro atoms. The summed E-state index contributed by atoms with van der Waals surface area (Å²) in [7, 11) is 1.58. The average molecular weight is 180 g/mol. The molecule has 0 aromatic carbocycles. The van der Waals surface area contributed by atoms with Crippen LogP contribution in [0.2, 0.25) is 0 Å². The van der Waals surface area contributed by atoms with Crippen LogP contribution in [0.15, 0.2) is 16.8 Å². The van der Waals surface area contributed by atoms with Gasteiger partial charge in [-0.05, 0) is 31.3 Å². The zero-order valence-corrected chi connectivity index (χ0v) is 7.99. The van der Waals surface area contributed by atoms with Crippen molar-refractivity contribution in [3.63, 3.8) is 0 Å². The van der Waals surface area contributed by atoms with Gasteiger partial charge in [-0.15, -0.1) is 0 Å². The first-order chi connectivity index (χ1) is 6.40. The molecule has 2 heterocycles. The van der Waals surface area contributed by atoms with Gasteiger partial charge in [0, 0.05) is 12.1 Å². The van der Waals surface area contributed by atoms with Crippen molar-refractivity contribution in [2.24, 2.45) is 5.16 Å². The Labute approximate surface area is 78.8 Å². The summed E-state index contributed by atoms with van der Waals surface area (Å²) in [5, 5.41) is 7.42. The second kappa shape index (κ2) is 3.92. The first kappa shape index (κ1) is 8.75. The number of nitrogens with zero attached hydrogens (tertiary/aromatic N) is 1. The molecule has 2 bridgehead atoms. The fraction of sp³-hybridized carbons (Fsp3) is 0.700. The molecule has 0 amide bonds. The van der Waals surface area contributed by atoms with E-state index in [4.69, 9.17) is 4.84 Å². The summed E-state index contributed by atoms with van der Waals surface area (Å²) in [5.74, 6) is 0. The third-order valence-corrected chi connectivity index (χ3v) is 2.85. The van der Waals surface area contributed by atoms with Gasteiger partial charge in [-0.25, -0.2) is 0 Å². The molecule has 1 N–H and O–H groups in total. The summed E-state index contributed by atoms with van der Waals surface area (Å²) in [6.45, 7) is 0. The van der Waals surface area contributed by atoms with Crippen LogP contribution in [0.3, 0.4) is 0 Å². The van der Waals surface area contributed by atoms with E-state index in [9.17, 15) is 0 Å². The van der Waals surface area contributed by atoms with Crippen molar-refractivity contribution in [1.82, 2.24) is 5.32 Å². The first-order valence-corrected chi connectivity index (χ1v) is 4.93. The molecule has 13 heavy (non-hydrogen) atoms. The molecule has 2 aliphatic heterocycles. The van der Waals surface area contributed by atoms with E-state index < -0.39 is 0 Å². The van der Waals surface area contributed by atoms with Gasteiger partial charge in [-0.2, -0.15) is 0 Å². The maximum absolute atomic E-state index is 4.69. The third-order valence-electron chi connectivity index (χ3n) is 2.85. The minimum atomic E-state index is 0.520. The fourth-order valence-electron chi connectivity index (χ4n) is 2.16. The maximum Gasteiger partial charge on any atom is 0.106 e. The van der Waals surface area contributed by atoms with Gasteiger partial charge in [0.25, 0.3) is 0 Å². The van der Waals surface area contributed by atoms with Crippen molar-refractivity contribution in [3.05, 3.63) is 11.6 Å². The van der Waals surface area contributed by atoms with E-state index >= 15 is 0 Å². The summed E-state index contributed by atoms with van der Waals surface area (Å²) < 4.78 is 0. The SMILES string of the molecule is CO/N=C/C1=CCCC2CC[C@H]1N2. The maximum atomic E-state index is 4.69. The Kier molecular flexibility index (Phi) is 2.64. The summed E-state index contributed by atoms with van der Waals surface area (Å²) in [4.78, 5) is 4.69. The van der Waals surface area contributed by atoms with Gasteiger partial charge < -0.3 is 10.2 Å². The van der Waals surface area contributed by atoms with Gasteiger partial charge in [0.1, 0.15) is 7.11 Å². The molecule has 0 aromatic rings. The molecule has 2 rings (SSSR count). The van der Waals surface area contributed by atoms with E-state index in [2.05, 4.69) is 16.5 Å². The summed E-state index contributed by atoms with van der Waals surface area (Å²) in [6.07, 6.45) is 9.10. The number of fused-ring (bicyclic) bond motifs is 2. The Morgan fingerprint density at radius 2 is 2.46 bits per heavy atom. The van der Waals surface area contributed by atoms with Gasteiger partial charge in [0.2, 0.25) is 0 Å². The number of allylic oxidation sites excluding steroid dienone is 1. The van der Waals surface area contributed by atoms with Crippen molar-refractivity contribution >= 4 is 6.21 Å². The monoisotopic (exact) mass is 180 g/mol. The van der Waals surface area contributed by atoms with Crippen LogP contribution in [0, 0.1) is 0 Å². The van der Waals surface area contributed by atoms with Crippen molar-refractivity contribution < 1.29 is 4.84 Å². The van der Waals surface area contributed by atoms with Crippen LogP contribution < -0.4 is 5.32 Å². The molecule has 72 valence electrons. The highest BCUT2D eigenvalue weighted by molar-refractivity contribution is 5.80. The van der Waals surface area contributed by atoms with Crippen molar-refractivity contribution in [3.8, 4) is 0 Å². The fourth-order valence-corrected chi connectivity index (χ4v) is 2.16. The largest absolute Gasteiger partial charge is 0.399 e. The van der Waals surface area contributed by atoms with Gasteiger partial charge >= 0.3 is 0 Å². The molecule has 1 unspecified atom stereocenters. The Bertz CT molecular complexity index is 235. The minimum Gasteiger partial charge on any atom is -0.399 e. The standard InChI is InChI=1S/C10H16N2O/c1-13-11-7-8-3-2-4-9-5-6-10(8)12-9/h3,7,9-10,12H,2,4-6H2,1H3/b11-7+/t9?,10-/m1/s1. The van der Waals surface area contributed by atoms with Crippen LogP contribution in [0.5, 0.6) is 0 Å². The lowest BCUT2D eigenvalue weighted by Crippen LogP contribution is -2.29. The number of rotatable bonds is 2. The van der Waals surface area contributed by atoms with Crippen molar-refractivity contribution in [2.45, 2.75) is 37.8 Å². The predicted octanol–water partition coefficient (Wildman–Crippen LogP) is 1.46. The van der Waals surface area contributed by atoms with E-state index in [0.29, 0.717) is 6.04 Å². The van der Waals surface area contributed by atoms with Crippen LogP contribution in [0.4, 0.5) is 0 Å². The Morgan fingerprint density at radius 3 is 3.31 bits per heavy atom. The van der Waals surface area contributed by atoms with Crippen molar-refractivity contribution in [1.29, 1.82) is 0 Å². The molecule has 2 aliphatic rings. The van der Waals surface area contributed by atoms with E-state index in [1.807, 2.05) is 6.21 Å². The van der Waals surface area contributed by atoms with Crippen LogP contribution in [0.1, 0.15) is 25.7 Å². The van der Waals surface area contributed by atoms with Crippen LogP contribution in [0.25, 0.3) is 0 Å². The van der Waals surface area contributed by atoms with Gasteiger partial charge in [0.15, 0.2) is 0 Å². The first-order valence-electron chi connectivity index (χ1n) is 4.93. The highest BCUT2D eigenvalue weighted by atomic mass is 16.6. The topological polar surface area (TPSA) is 33.6 Å². The molecular formula is C10H16N2O. The van der Waals surface area contributed by atoms with Crippen LogP contribution >= 0.6 is 0 Å². The van der Waals surface area contributed by atoms with Crippen LogP contribution in [-0.2, 0) is 4.84 Å². The molecule has 3 heteroatoms. The molecule has 3 nitrogen and oxygen atoms in total. The predicted molar refractivity (Wildman–Crippen MR) is 52.8 cm³/mol. The normalized spacial score (nSPS) is 33.2. The zero-order valence-electron chi connectivity index (χ0n) is 7.99. The van der Waals surface area contributed by atoms with Crippen molar-refractivity contribution in [2.75, 3.05) is 7.11 Å². The molecular weight excluding hydrogens is 164 g/mol. The van der Waals surface area contributed by atoms with Gasteiger partial charge in [0.05, 0.1) is 6.21 Å². The van der Waals surface area contributed by atoms with Crippen LogP contribution in [-0.4, -0.2) is 25.4 Å². The molecule has 2 atom stereocenters. The second-order valence-corrected chi connectivity index (χ2v) is 3.69. The summed E-state index contributed by atoms with van der Waals surface area (Å²) >= 11 is 0. The zero-order chi connectivity index (χ0) is 9.10. The smallest absolute Gasteiger partial charge is 0.106 e. The lowest BCUT2D eigenvalue weighted by molar-refractivity contribution is 0.215. The van der Waals surface area contributed by atoms with Gasteiger partial charge in [-0.1, -0.05) is 11.2 Å². The average Bonchev–Trinajstić information content (AvgIpc) is 2.47. The lowest BCUT2D eigenvalue weighted by atomic mass is 10.0. The van der Waals surface area contributed by atoms with E-state index in [1.165, 1.54) is 31.3 Å².